The van der Waals surface area contributed by atoms with Gasteiger partial charge < -0.3 is 13.6 Å². The molecule has 5 heteroatoms. The Labute approximate surface area is 315 Å². The maximum Gasteiger partial charge on any atom is 0.145 e. The van der Waals surface area contributed by atoms with Crippen LogP contribution in [-0.2, 0) is 0 Å². The number of fused-ring (bicyclic) bond motifs is 10. The minimum absolute atomic E-state index is 0.408. The summed E-state index contributed by atoms with van der Waals surface area (Å²) in [5, 5.41) is 27.7. The first kappa shape index (κ1) is 30.7. The van der Waals surface area contributed by atoms with Gasteiger partial charge in [-0.25, -0.2) is 0 Å². The second kappa shape index (κ2) is 11.8. The molecule has 0 unspecified atom stereocenters. The summed E-state index contributed by atoms with van der Waals surface area (Å²) >= 11 is 0. The first-order valence-electron chi connectivity index (χ1n) is 18.2. The monoisotopic (exact) mass is 700 g/mol. The van der Waals surface area contributed by atoms with E-state index in [0.29, 0.717) is 22.5 Å². The van der Waals surface area contributed by atoms with Gasteiger partial charge in [0.1, 0.15) is 23.3 Å². The number of nitriles is 2. The molecular formula is C50H28N4O. The van der Waals surface area contributed by atoms with Gasteiger partial charge in [0.2, 0.25) is 0 Å². The highest BCUT2D eigenvalue weighted by atomic mass is 16.3. The molecule has 55 heavy (non-hydrogen) atoms. The van der Waals surface area contributed by atoms with Crippen molar-refractivity contribution in [1.29, 1.82) is 10.5 Å². The largest absolute Gasteiger partial charge is 0.455 e. The lowest BCUT2D eigenvalue weighted by atomic mass is 10.0. The molecule has 0 aliphatic heterocycles. The standard InChI is InChI=1S/C50H28N4O/c51-29-35-25-36(30-52)47(54-42-17-9-7-16-39(42)49-45(54)24-21-38-37-15-8-10-18-48(37)55-50(38)49)28-46(35)53-43-22-19-33(31-11-3-1-4-12-31)26-40(43)41-27-34(20-23-44(41)53)32-13-5-2-6-14-32/h1-28H. The molecule has 8 aromatic carbocycles. The lowest BCUT2D eigenvalue weighted by molar-refractivity contribution is 0.673. The van der Waals surface area contributed by atoms with Crippen LogP contribution in [0.15, 0.2) is 174 Å². The summed E-state index contributed by atoms with van der Waals surface area (Å²) in [5.41, 5.74) is 12.1. The molecule has 3 heterocycles. The van der Waals surface area contributed by atoms with Crippen molar-refractivity contribution in [3.63, 3.8) is 0 Å². The zero-order chi connectivity index (χ0) is 36.6. The van der Waals surface area contributed by atoms with Gasteiger partial charge in [-0.2, -0.15) is 10.5 Å². The van der Waals surface area contributed by atoms with Gasteiger partial charge >= 0.3 is 0 Å². The number of furan rings is 1. The summed E-state index contributed by atoms with van der Waals surface area (Å²) < 4.78 is 10.9. The van der Waals surface area contributed by atoms with Crippen molar-refractivity contribution in [2.24, 2.45) is 0 Å². The second-order valence-corrected chi connectivity index (χ2v) is 13.9. The van der Waals surface area contributed by atoms with Gasteiger partial charge in [0.05, 0.1) is 50.0 Å². The van der Waals surface area contributed by atoms with Crippen LogP contribution in [0.25, 0.3) is 99.2 Å². The highest BCUT2D eigenvalue weighted by Crippen LogP contribution is 2.43. The predicted octanol–water partition coefficient (Wildman–Crippen LogP) is 12.9. The quantitative estimate of drug-likeness (QED) is 0.183. The Morgan fingerprint density at radius 3 is 1.51 bits per heavy atom. The third kappa shape index (κ3) is 4.51. The Morgan fingerprint density at radius 1 is 0.382 bits per heavy atom. The van der Waals surface area contributed by atoms with Gasteiger partial charge in [0.15, 0.2) is 0 Å². The molecule has 0 bridgehead atoms. The number of hydrogen-bond donors (Lipinski definition) is 0. The van der Waals surface area contributed by atoms with Crippen molar-refractivity contribution in [3.8, 4) is 45.8 Å². The van der Waals surface area contributed by atoms with E-state index < -0.39 is 0 Å². The number of aromatic nitrogens is 2. The summed E-state index contributed by atoms with van der Waals surface area (Å²) in [5.74, 6) is 0. The summed E-state index contributed by atoms with van der Waals surface area (Å²) in [6.45, 7) is 0. The van der Waals surface area contributed by atoms with Crippen LogP contribution in [0.3, 0.4) is 0 Å². The van der Waals surface area contributed by atoms with Crippen LogP contribution in [-0.4, -0.2) is 9.13 Å². The zero-order valence-electron chi connectivity index (χ0n) is 29.4. The zero-order valence-corrected chi connectivity index (χ0v) is 29.4. The van der Waals surface area contributed by atoms with Crippen molar-refractivity contribution in [2.75, 3.05) is 0 Å². The van der Waals surface area contributed by atoms with Crippen molar-refractivity contribution >= 4 is 65.6 Å². The fourth-order valence-electron chi connectivity index (χ4n) is 8.52. The Bertz CT molecular complexity index is 3350. The first-order valence-corrected chi connectivity index (χ1v) is 18.2. The highest BCUT2D eigenvalue weighted by molar-refractivity contribution is 6.24. The van der Waals surface area contributed by atoms with E-state index in [1.54, 1.807) is 6.07 Å². The average molecular weight is 701 g/mol. The third-order valence-electron chi connectivity index (χ3n) is 11.0. The molecule has 0 N–H and O–H groups in total. The van der Waals surface area contributed by atoms with E-state index in [4.69, 9.17) is 4.42 Å². The van der Waals surface area contributed by atoms with E-state index in [1.807, 2.05) is 48.5 Å². The molecule has 254 valence electrons. The number of hydrogen-bond acceptors (Lipinski definition) is 3. The van der Waals surface area contributed by atoms with Crippen molar-refractivity contribution < 1.29 is 4.42 Å². The van der Waals surface area contributed by atoms with E-state index in [0.717, 1.165) is 87.8 Å². The fraction of sp³-hybridized carbons (Fsp3) is 0. The van der Waals surface area contributed by atoms with E-state index in [1.165, 1.54) is 0 Å². The first-order chi connectivity index (χ1) is 27.2. The molecule has 0 aliphatic carbocycles. The Morgan fingerprint density at radius 2 is 0.891 bits per heavy atom. The number of rotatable bonds is 4. The number of para-hydroxylation sites is 2. The van der Waals surface area contributed by atoms with Crippen molar-refractivity contribution in [2.45, 2.75) is 0 Å². The molecule has 3 aromatic heterocycles. The molecule has 11 aromatic rings. The Kier molecular flexibility index (Phi) is 6.61. The van der Waals surface area contributed by atoms with Gasteiger partial charge in [-0.3, -0.25) is 0 Å². The van der Waals surface area contributed by atoms with Crippen LogP contribution in [0.1, 0.15) is 11.1 Å². The average Bonchev–Trinajstić information content (AvgIpc) is 3.91. The van der Waals surface area contributed by atoms with Gasteiger partial charge in [0.25, 0.3) is 0 Å². The minimum Gasteiger partial charge on any atom is -0.455 e. The van der Waals surface area contributed by atoms with Gasteiger partial charge in [0, 0.05) is 26.9 Å². The van der Waals surface area contributed by atoms with Crippen LogP contribution < -0.4 is 0 Å². The molecule has 0 atom stereocenters. The lowest BCUT2D eigenvalue weighted by Crippen LogP contribution is -2.04. The highest BCUT2D eigenvalue weighted by Gasteiger charge is 2.23. The van der Waals surface area contributed by atoms with Gasteiger partial charge in [-0.1, -0.05) is 109 Å². The molecule has 0 spiro atoms. The molecule has 5 nitrogen and oxygen atoms in total. The van der Waals surface area contributed by atoms with E-state index in [2.05, 4.69) is 137 Å². The lowest BCUT2D eigenvalue weighted by Gasteiger charge is -2.16. The minimum atomic E-state index is 0.408. The maximum atomic E-state index is 10.7. The molecule has 0 amide bonds. The van der Waals surface area contributed by atoms with E-state index in [-0.39, 0.29) is 0 Å². The van der Waals surface area contributed by atoms with Crippen LogP contribution in [0.4, 0.5) is 0 Å². The normalized spacial score (nSPS) is 11.6. The van der Waals surface area contributed by atoms with Crippen LogP contribution in [0.5, 0.6) is 0 Å². The predicted molar refractivity (Wildman–Crippen MR) is 223 cm³/mol. The van der Waals surface area contributed by atoms with E-state index in [9.17, 15) is 10.5 Å². The second-order valence-electron chi connectivity index (χ2n) is 13.9. The fourth-order valence-corrected chi connectivity index (χ4v) is 8.52. The maximum absolute atomic E-state index is 10.7. The summed E-state index contributed by atoms with van der Waals surface area (Å²) in [6, 6.07) is 63.1. The smallest absolute Gasteiger partial charge is 0.145 e. The molecule has 0 aliphatic rings. The number of benzene rings is 8. The Balaban J connectivity index is 1.23. The topological polar surface area (TPSA) is 70.6 Å². The van der Waals surface area contributed by atoms with E-state index >= 15 is 0 Å². The van der Waals surface area contributed by atoms with Crippen LogP contribution in [0.2, 0.25) is 0 Å². The summed E-state index contributed by atoms with van der Waals surface area (Å²) in [7, 11) is 0. The van der Waals surface area contributed by atoms with Crippen molar-refractivity contribution in [3.05, 3.63) is 181 Å². The molecule has 0 saturated heterocycles. The van der Waals surface area contributed by atoms with Gasteiger partial charge in [-0.05, 0) is 82.9 Å². The third-order valence-corrected chi connectivity index (χ3v) is 11.0. The Hall–Kier alpha value is -7.86. The molecular weight excluding hydrogens is 673 g/mol. The summed E-state index contributed by atoms with van der Waals surface area (Å²) in [6.07, 6.45) is 0. The SMILES string of the molecule is N#Cc1cc(C#N)c(-n2c3ccccc3c3c4oc5ccccc5c4ccc32)cc1-n1c2ccc(-c3ccccc3)cc2c2cc(-c3ccccc3)ccc21. The van der Waals surface area contributed by atoms with Gasteiger partial charge in [-0.15, -0.1) is 0 Å². The molecule has 11 rings (SSSR count). The van der Waals surface area contributed by atoms with Crippen molar-refractivity contribution in [1.82, 2.24) is 9.13 Å². The van der Waals surface area contributed by atoms with Crippen LogP contribution >= 0.6 is 0 Å². The van der Waals surface area contributed by atoms with Crippen LogP contribution in [0, 0.1) is 22.7 Å². The molecule has 0 fully saturated rings. The molecule has 0 saturated carbocycles. The molecule has 0 radical (unpaired) electrons. The number of nitrogens with zero attached hydrogens (tertiary/aromatic N) is 4. The summed E-state index contributed by atoms with van der Waals surface area (Å²) in [4.78, 5) is 0.